The summed E-state index contributed by atoms with van der Waals surface area (Å²) in [6, 6.07) is 9.09. The van der Waals surface area contributed by atoms with E-state index in [1.807, 2.05) is 7.05 Å². The smallest absolute Gasteiger partial charge is 0.191 e. The Balaban J connectivity index is 0.00000312. The summed E-state index contributed by atoms with van der Waals surface area (Å²) < 4.78 is 0. The fourth-order valence-electron chi connectivity index (χ4n) is 3.26. The van der Waals surface area contributed by atoms with Crippen LogP contribution in [0.5, 0.6) is 0 Å². The van der Waals surface area contributed by atoms with E-state index in [0.29, 0.717) is 6.04 Å². The van der Waals surface area contributed by atoms with Crippen molar-refractivity contribution in [1.29, 1.82) is 0 Å². The second-order valence-corrected chi connectivity index (χ2v) is 6.70. The number of hydrogen-bond acceptors (Lipinski definition) is 2. The number of nitrogens with one attached hydrogen (secondary N) is 2. The zero-order chi connectivity index (χ0) is 17.4. The van der Waals surface area contributed by atoms with Crippen molar-refractivity contribution < 1.29 is 0 Å². The van der Waals surface area contributed by atoms with Crippen LogP contribution in [0.3, 0.4) is 0 Å². The Labute approximate surface area is 170 Å². The molecule has 5 heteroatoms. The number of nitrogens with zero attached hydrogens (tertiary/aromatic N) is 2. The maximum Gasteiger partial charge on any atom is 0.191 e. The van der Waals surface area contributed by atoms with E-state index in [9.17, 15) is 0 Å². The Morgan fingerprint density at radius 3 is 2.44 bits per heavy atom. The van der Waals surface area contributed by atoms with Gasteiger partial charge in [-0.1, -0.05) is 43.3 Å². The van der Waals surface area contributed by atoms with Gasteiger partial charge in [0.25, 0.3) is 0 Å². The minimum atomic E-state index is 0. The maximum absolute atomic E-state index is 4.39. The number of rotatable bonds is 6. The van der Waals surface area contributed by atoms with E-state index in [1.54, 1.807) is 0 Å². The lowest BCUT2D eigenvalue weighted by molar-refractivity contribution is 0.221. The molecule has 2 N–H and O–H groups in total. The summed E-state index contributed by atoms with van der Waals surface area (Å²) >= 11 is 0. The number of piperidine rings is 1. The van der Waals surface area contributed by atoms with Crippen LogP contribution < -0.4 is 10.6 Å². The summed E-state index contributed by atoms with van der Waals surface area (Å²) in [6.45, 7) is 12.4. The lowest BCUT2D eigenvalue weighted by atomic mass is 10.0. The third-order valence-corrected chi connectivity index (χ3v) is 4.59. The van der Waals surface area contributed by atoms with Crippen LogP contribution in [0.1, 0.15) is 37.8 Å². The molecule has 2 rings (SSSR count). The standard InChI is InChI=1S/C20H32N4.HI/c1-5-17-8-6-7-9-18(17)14-22-20(21-4)23-19-10-12-24(13-11-19)15-16(2)3;/h6-9,19H,2,5,10-15H2,1,3-4H3,(H2,21,22,23);1H. The van der Waals surface area contributed by atoms with Gasteiger partial charge < -0.3 is 10.6 Å². The zero-order valence-electron chi connectivity index (χ0n) is 15.8. The molecule has 4 nitrogen and oxygen atoms in total. The first kappa shape index (κ1) is 22.0. The normalized spacial score (nSPS) is 16.2. The number of likely N-dealkylation sites (tertiary alicyclic amines) is 1. The molecule has 0 bridgehead atoms. The van der Waals surface area contributed by atoms with E-state index in [-0.39, 0.29) is 24.0 Å². The molecule has 1 aromatic rings. The van der Waals surface area contributed by atoms with Crippen LogP contribution in [0, 0.1) is 0 Å². The molecule has 1 aromatic carbocycles. The highest BCUT2D eigenvalue weighted by Crippen LogP contribution is 2.12. The molecule has 0 radical (unpaired) electrons. The fourth-order valence-corrected chi connectivity index (χ4v) is 3.26. The lowest BCUT2D eigenvalue weighted by Gasteiger charge is -2.33. The fraction of sp³-hybridized carbons (Fsp3) is 0.550. The van der Waals surface area contributed by atoms with Crippen LogP contribution in [0.2, 0.25) is 0 Å². The van der Waals surface area contributed by atoms with Crippen LogP contribution in [-0.2, 0) is 13.0 Å². The third-order valence-electron chi connectivity index (χ3n) is 4.59. The molecule has 140 valence electrons. The van der Waals surface area contributed by atoms with Crippen molar-refractivity contribution in [1.82, 2.24) is 15.5 Å². The predicted molar refractivity (Wildman–Crippen MR) is 119 cm³/mol. The van der Waals surface area contributed by atoms with E-state index in [1.165, 1.54) is 16.7 Å². The molecular weight excluding hydrogens is 423 g/mol. The first-order valence-electron chi connectivity index (χ1n) is 9.03. The number of aliphatic imine (C=N–C) groups is 1. The van der Waals surface area contributed by atoms with Crippen LogP contribution >= 0.6 is 24.0 Å². The van der Waals surface area contributed by atoms with E-state index in [0.717, 1.165) is 51.4 Å². The minimum Gasteiger partial charge on any atom is -0.354 e. The van der Waals surface area contributed by atoms with Crippen LogP contribution in [0.4, 0.5) is 0 Å². The minimum absolute atomic E-state index is 0. The monoisotopic (exact) mass is 456 g/mol. The number of aryl methyl sites for hydroxylation is 1. The molecule has 0 aliphatic carbocycles. The molecule has 1 fully saturated rings. The Bertz CT molecular complexity index is 563. The van der Waals surface area contributed by atoms with Crippen molar-refractivity contribution in [3.05, 3.63) is 47.5 Å². The van der Waals surface area contributed by atoms with E-state index < -0.39 is 0 Å². The van der Waals surface area contributed by atoms with Crippen LogP contribution in [-0.4, -0.2) is 43.6 Å². The molecule has 0 amide bonds. The molecule has 0 unspecified atom stereocenters. The summed E-state index contributed by atoms with van der Waals surface area (Å²) in [6.07, 6.45) is 3.37. The van der Waals surface area contributed by atoms with Crippen molar-refractivity contribution in [3.63, 3.8) is 0 Å². The van der Waals surface area contributed by atoms with Crippen molar-refractivity contribution >= 4 is 29.9 Å². The van der Waals surface area contributed by atoms with Crippen molar-refractivity contribution in [2.45, 2.75) is 45.7 Å². The molecular formula is C20H33IN4. The summed E-state index contributed by atoms with van der Waals surface area (Å²) in [5.41, 5.74) is 3.99. The Hall–Kier alpha value is -1.08. The molecule has 0 saturated carbocycles. The molecule has 0 aromatic heterocycles. The predicted octanol–water partition coefficient (Wildman–Crippen LogP) is 3.57. The zero-order valence-corrected chi connectivity index (χ0v) is 18.2. The van der Waals surface area contributed by atoms with Gasteiger partial charge in [-0.05, 0) is 37.3 Å². The van der Waals surface area contributed by atoms with Crippen LogP contribution in [0.25, 0.3) is 0 Å². The number of hydrogen-bond donors (Lipinski definition) is 2. The Morgan fingerprint density at radius 2 is 1.88 bits per heavy atom. The average Bonchev–Trinajstić information content (AvgIpc) is 2.59. The second kappa shape index (κ2) is 11.5. The molecule has 0 spiro atoms. The summed E-state index contributed by atoms with van der Waals surface area (Å²) in [7, 11) is 1.84. The highest BCUT2D eigenvalue weighted by atomic mass is 127. The SMILES string of the molecule is C=C(C)CN1CCC(NC(=NC)NCc2ccccc2CC)CC1.I. The van der Waals surface area contributed by atoms with Gasteiger partial charge in [-0.25, -0.2) is 0 Å². The van der Waals surface area contributed by atoms with Gasteiger partial charge in [-0.3, -0.25) is 9.89 Å². The summed E-state index contributed by atoms with van der Waals surface area (Å²) in [5, 5.41) is 7.04. The van der Waals surface area contributed by atoms with Crippen LogP contribution in [0.15, 0.2) is 41.4 Å². The first-order valence-corrected chi connectivity index (χ1v) is 9.03. The van der Waals surface area contributed by atoms with Crippen molar-refractivity contribution in [3.8, 4) is 0 Å². The molecule has 25 heavy (non-hydrogen) atoms. The highest BCUT2D eigenvalue weighted by molar-refractivity contribution is 14.0. The lowest BCUT2D eigenvalue weighted by Crippen LogP contribution is -2.48. The van der Waals surface area contributed by atoms with Gasteiger partial charge in [0.1, 0.15) is 0 Å². The summed E-state index contributed by atoms with van der Waals surface area (Å²) in [4.78, 5) is 6.87. The Kier molecular flexibility index (Phi) is 10.1. The van der Waals surface area contributed by atoms with E-state index in [2.05, 4.69) is 65.2 Å². The molecule has 1 aliphatic rings. The number of guanidine groups is 1. The van der Waals surface area contributed by atoms with Gasteiger partial charge in [0.05, 0.1) is 0 Å². The van der Waals surface area contributed by atoms with Crippen molar-refractivity contribution in [2.24, 2.45) is 4.99 Å². The van der Waals surface area contributed by atoms with Gasteiger partial charge in [-0.15, -0.1) is 24.0 Å². The van der Waals surface area contributed by atoms with E-state index in [4.69, 9.17) is 0 Å². The average molecular weight is 456 g/mol. The molecule has 1 heterocycles. The quantitative estimate of drug-likeness (QED) is 0.298. The van der Waals surface area contributed by atoms with Crippen molar-refractivity contribution in [2.75, 3.05) is 26.7 Å². The van der Waals surface area contributed by atoms with Gasteiger partial charge in [0, 0.05) is 39.3 Å². The second-order valence-electron chi connectivity index (χ2n) is 6.70. The molecule has 1 saturated heterocycles. The molecule has 0 atom stereocenters. The number of halogens is 1. The van der Waals surface area contributed by atoms with Gasteiger partial charge in [0.15, 0.2) is 5.96 Å². The van der Waals surface area contributed by atoms with Gasteiger partial charge >= 0.3 is 0 Å². The van der Waals surface area contributed by atoms with Gasteiger partial charge in [-0.2, -0.15) is 0 Å². The van der Waals surface area contributed by atoms with E-state index >= 15 is 0 Å². The topological polar surface area (TPSA) is 39.7 Å². The first-order chi connectivity index (χ1) is 11.6. The summed E-state index contributed by atoms with van der Waals surface area (Å²) in [5.74, 6) is 0.902. The third kappa shape index (κ3) is 7.36. The largest absolute Gasteiger partial charge is 0.354 e. The molecule has 1 aliphatic heterocycles. The Morgan fingerprint density at radius 1 is 1.24 bits per heavy atom. The maximum atomic E-state index is 4.39. The highest BCUT2D eigenvalue weighted by Gasteiger charge is 2.19. The number of benzene rings is 1. The van der Waals surface area contributed by atoms with Gasteiger partial charge in [0.2, 0.25) is 0 Å².